The highest BCUT2D eigenvalue weighted by Crippen LogP contribution is 2.15. The second-order valence-electron chi connectivity index (χ2n) is 5.78. The minimum atomic E-state index is -0.893. The molecule has 5 heteroatoms. The number of nitriles is 1. The van der Waals surface area contributed by atoms with Gasteiger partial charge in [-0.15, -0.1) is 0 Å². The van der Waals surface area contributed by atoms with Crippen LogP contribution in [0.5, 0.6) is 0 Å². The SMILES string of the molecule is CC(C)[C@@](C)(C#N)NC(=O)CN(C)Cc1ccccc1F. The Morgan fingerprint density at radius 2 is 2.10 bits per heavy atom. The van der Waals surface area contributed by atoms with Gasteiger partial charge in [-0.2, -0.15) is 5.26 Å². The van der Waals surface area contributed by atoms with Gasteiger partial charge >= 0.3 is 0 Å². The van der Waals surface area contributed by atoms with Gasteiger partial charge in [0.15, 0.2) is 0 Å². The first-order chi connectivity index (χ1) is 9.78. The minimum absolute atomic E-state index is 0.00308. The number of carbonyl (C=O) groups excluding carboxylic acids is 1. The summed E-state index contributed by atoms with van der Waals surface area (Å²) in [6, 6.07) is 8.61. The molecule has 0 aromatic heterocycles. The van der Waals surface area contributed by atoms with Crippen LogP contribution in [0.3, 0.4) is 0 Å². The lowest BCUT2D eigenvalue weighted by molar-refractivity contribution is -0.123. The molecule has 0 unspecified atom stereocenters. The molecule has 114 valence electrons. The van der Waals surface area contributed by atoms with Crippen LogP contribution in [0, 0.1) is 23.1 Å². The van der Waals surface area contributed by atoms with Crippen LogP contribution in [-0.4, -0.2) is 29.9 Å². The maximum atomic E-state index is 13.5. The first-order valence-electron chi connectivity index (χ1n) is 6.92. The predicted molar refractivity (Wildman–Crippen MR) is 79.7 cm³/mol. The first kappa shape index (κ1) is 17.1. The molecule has 0 fully saturated rings. The average molecular weight is 291 g/mol. The van der Waals surface area contributed by atoms with Crippen molar-refractivity contribution in [3.8, 4) is 6.07 Å². The molecule has 4 nitrogen and oxygen atoms in total. The number of hydrogen-bond donors (Lipinski definition) is 1. The summed E-state index contributed by atoms with van der Waals surface area (Å²) in [4.78, 5) is 13.7. The third kappa shape index (κ3) is 4.83. The Bertz CT molecular complexity index is 539. The summed E-state index contributed by atoms with van der Waals surface area (Å²) in [5.41, 5.74) is -0.352. The Morgan fingerprint density at radius 1 is 1.48 bits per heavy atom. The van der Waals surface area contributed by atoms with Gasteiger partial charge in [-0.1, -0.05) is 32.0 Å². The molecule has 21 heavy (non-hydrogen) atoms. The van der Waals surface area contributed by atoms with Gasteiger partial charge in [-0.05, 0) is 26.0 Å². The number of benzene rings is 1. The predicted octanol–water partition coefficient (Wildman–Crippen LogP) is 2.31. The van der Waals surface area contributed by atoms with Crippen molar-refractivity contribution < 1.29 is 9.18 Å². The number of amides is 1. The van der Waals surface area contributed by atoms with Gasteiger partial charge < -0.3 is 5.32 Å². The summed E-state index contributed by atoms with van der Waals surface area (Å²) < 4.78 is 13.5. The Labute approximate surface area is 125 Å². The van der Waals surface area contributed by atoms with Crippen LogP contribution in [0.2, 0.25) is 0 Å². The van der Waals surface area contributed by atoms with E-state index in [-0.39, 0.29) is 24.2 Å². The zero-order chi connectivity index (χ0) is 16.0. The average Bonchev–Trinajstić information content (AvgIpc) is 2.40. The molecule has 1 N–H and O–H groups in total. The number of nitrogens with one attached hydrogen (secondary N) is 1. The molecule has 0 saturated heterocycles. The molecule has 1 atom stereocenters. The number of rotatable bonds is 6. The maximum absolute atomic E-state index is 13.5. The molecule has 0 aliphatic heterocycles. The van der Waals surface area contributed by atoms with E-state index in [0.717, 1.165) is 0 Å². The van der Waals surface area contributed by atoms with E-state index >= 15 is 0 Å². The lowest BCUT2D eigenvalue weighted by Crippen LogP contribution is -2.51. The third-order valence-electron chi connectivity index (χ3n) is 3.60. The Morgan fingerprint density at radius 3 is 2.62 bits per heavy atom. The zero-order valence-electron chi connectivity index (χ0n) is 13.0. The van der Waals surface area contributed by atoms with Crippen molar-refractivity contribution >= 4 is 5.91 Å². The molecule has 1 aromatic carbocycles. The van der Waals surface area contributed by atoms with Crippen LogP contribution in [0.15, 0.2) is 24.3 Å². The second kappa shape index (κ2) is 7.19. The van der Waals surface area contributed by atoms with Crippen molar-refractivity contribution in [3.05, 3.63) is 35.6 Å². The quantitative estimate of drug-likeness (QED) is 0.875. The van der Waals surface area contributed by atoms with Crippen molar-refractivity contribution in [2.75, 3.05) is 13.6 Å². The minimum Gasteiger partial charge on any atom is -0.337 e. The molecule has 0 aliphatic rings. The van der Waals surface area contributed by atoms with Gasteiger partial charge in [-0.3, -0.25) is 9.69 Å². The van der Waals surface area contributed by atoms with E-state index in [4.69, 9.17) is 0 Å². The van der Waals surface area contributed by atoms with E-state index in [1.807, 2.05) is 13.8 Å². The van der Waals surface area contributed by atoms with Crippen LogP contribution in [0.4, 0.5) is 4.39 Å². The van der Waals surface area contributed by atoms with Gasteiger partial charge in [0.2, 0.25) is 5.91 Å². The fourth-order valence-corrected chi connectivity index (χ4v) is 1.85. The van der Waals surface area contributed by atoms with Gasteiger partial charge in [0, 0.05) is 12.1 Å². The van der Waals surface area contributed by atoms with Crippen molar-refractivity contribution in [2.24, 2.45) is 5.92 Å². The van der Waals surface area contributed by atoms with Crippen molar-refractivity contribution in [1.82, 2.24) is 10.2 Å². The number of likely N-dealkylation sites (N-methyl/N-ethyl adjacent to an activating group) is 1. The standard InChI is InChI=1S/C16H22FN3O/c1-12(2)16(3,11-18)19-15(21)10-20(4)9-13-7-5-6-8-14(13)17/h5-8,12H,9-10H2,1-4H3,(H,19,21)/t16-/m1/s1. The van der Waals surface area contributed by atoms with Gasteiger partial charge in [0.1, 0.15) is 11.4 Å². The number of nitrogens with zero attached hydrogens (tertiary/aromatic N) is 2. The van der Waals surface area contributed by atoms with Crippen LogP contribution < -0.4 is 5.32 Å². The number of carbonyl (C=O) groups is 1. The van der Waals surface area contributed by atoms with E-state index in [1.54, 1.807) is 37.1 Å². The largest absolute Gasteiger partial charge is 0.337 e. The smallest absolute Gasteiger partial charge is 0.235 e. The van der Waals surface area contributed by atoms with E-state index < -0.39 is 5.54 Å². The molecular weight excluding hydrogens is 269 g/mol. The topological polar surface area (TPSA) is 56.1 Å². The van der Waals surface area contributed by atoms with E-state index in [1.165, 1.54) is 6.07 Å². The molecule has 1 amide bonds. The summed E-state index contributed by atoms with van der Waals surface area (Å²) in [5, 5.41) is 11.9. The Balaban J connectivity index is 2.59. The summed E-state index contributed by atoms with van der Waals surface area (Å²) in [6.45, 7) is 5.91. The maximum Gasteiger partial charge on any atom is 0.235 e. The monoisotopic (exact) mass is 291 g/mol. The molecule has 0 radical (unpaired) electrons. The molecule has 1 rings (SSSR count). The highest BCUT2D eigenvalue weighted by Gasteiger charge is 2.30. The zero-order valence-corrected chi connectivity index (χ0v) is 13.0. The normalized spacial score (nSPS) is 13.8. The van der Waals surface area contributed by atoms with Crippen LogP contribution in [-0.2, 0) is 11.3 Å². The number of halogens is 1. The summed E-state index contributed by atoms with van der Waals surface area (Å²) in [5.74, 6) is -0.524. The van der Waals surface area contributed by atoms with Crippen LogP contribution in [0.25, 0.3) is 0 Å². The molecular formula is C16H22FN3O. The summed E-state index contributed by atoms with van der Waals surface area (Å²) in [7, 11) is 1.74. The molecule has 0 spiro atoms. The Kier molecular flexibility index (Phi) is 5.86. The van der Waals surface area contributed by atoms with Gasteiger partial charge in [-0.25, -0.2) is 4.39 Å². The fraction of sp³-hybridized carbons (Fsp3) is 0.500. The summed E-state index contributed by atoms with van der Waals surface area (Å²) >= 11 is 0. The molecule has 0 aliphatic carbocycles. The third-order valence-corrected chi connectivity index (χ3v) is 3.60. The molecule has 0 bridgehead atoms. The van der Waals surface area contributed by atoms with E-state index in [0.29, 0.717) is 12.1 Å². The molecule has 0 heterocycles. The fourth-order valence-electron chi connectivity index (χ4n) is 1.85. The van der Waals surface area contributed by atoms with Crippen LogP contribution >= 0.6 is 0 Å². The van der Waals surface area contributed by atoms with Gasteiger partial charge in [0.05, 0.1) is 12.6 Å². The van der Waals surface area contributed by atoms with Crippen molar-refractivity contribution in [1.29, 1.82) is 5.26 Å². The highest BCUT2D eigenvalue weighted by atomic mass is 19.1. The second-order valence-corrected chi connectivity index (χ2v) is 5.78. The van der Waals surface area contributed by atoms with E-state index in [9.17, 15) is 14.4 Å². The Hall–Kier alpha value is -1.93. The molecule has 0 saturated carbocycles. The van der Waals surface area contributed by atoms with Crippen LogP contribution in [0.1, 0.15) is 26.3 Å². The number of hydrogen-bond acceptors (Lipinski definition) is 3. The summed E-state index contributed by atoms with van der Waals surface area (Å²) in [6.07, 6.45) is 0. The first-order valence-corrected chi connectivity index (χ1v) is 6.92. The van der Waals surface area contributed by atoms with Gasteiger partial charge in [0.25, 0.3) is 0 Å². The lowest BCUT2D eigenvalue weighted by Gasteiger charge is -2.28. The lowest BCUT2D eigenvalue weighted by atomic mass is 9.90. The molecule has 1 aromatic rings. The van der Waals surface area contributed by atoms with E-state index in [2.05, 4.69) is 11.4 Å². The van der Waals surface area contributed by atoms with Crippen molar-refractivity contribution in [3.63, 3.8) is 0 Å². The highest BCUT2D eigenvalue weighted by molar-refractivity contribution is 5.79. The van der Waals surface area contributed by atoms with Crippen molar-refractivity contribution in [2.45, 2.75) is 32.9 Å².